The van der Waals surface area contributed by atoms with Gasteiger partial charge in [-0.2, -0.15) is 0 Å². The summed E-state index contributed by atoms with van der Waals surface area (Å²) in [6.07, 6.45) is 0.507. The highest BCUT2D eigenvalue weighted by atomic mass is 32.1. The normalized spacial score (nSPS) is 10.5. The first-order valence-electron chi connectivity index (χ1n) is 10.5. The topological polar surface area (TPSA) is 132 Å². The summed E-state index contributed by atoms with van der Waals surface area (Å²) in [5.41, 5.74) is 9.25. The van der Waals surface area contributed by atoms with Gasteiger partial charge in [0.25, 0.3) is 0 Å². The second-order valence-electron chi connectivity index (χ2n) is 7.23. The number of esters is 1. The molecule has 0 saturated carbocycles. The number of nitrogens with one attached hydrogen (secondary N) is 2. The molecule has 2 aromatic carbocycles. The summed E-state index contributed by atoms with van der Waals surface area (Å²) in [5.74, 6) is -0.0581. The zero-order chi connectivity index (χ0) is 23.8. The SMILES string of the molecule is Nc1nc(CC(=O)OCCc2ccccc2NC(=O)Nc2ccc(-c3ccccc3)nn2)cs1. The summed E-state index contributed by atoms with van der Waals surface area (Å²) in [7, 11) is 0. The lowest BCUT2D eigenvalue weighted by molar-refractivity contribution is -0.142. The molecule has 4 N–H and O–H groups in total. The second kappa shape index (κ2) is 11.0. The quantitative estimate of drug-likeness (QED) is 0.327. The molecule has 0 aliphatic carbocycles. The fourth-order valence-electron chi connectivity index (χ4n) is 3.17. The largest absolute Gasteiger partial charge is 0.465 e. The predicted octanol–water partition coefficient (Wildman–Crippen LogP) is 4.15. The van der Waals surface area contributed by atoms with Crippen LogP contribution in [0, 0.1) is 0 Å². The molecule has 0 atom stereocenters. The fourth-order valence-corrected chi connectivity index (χ4v) is 3.73. The number of benzene rings is 2. The van der Waals surface area contributed by atoms with Gasteiger partial charge in [0.1, 0.15) is 0 Å². The van der Waals surface area contributed by atoms with Crippen LogP contribution in [0.2, 0.25) is 0 Å². The first-order chi connectivity index (χ1) is 16.6. The first-order valence-corrected chi connectivity index (χ1v) is 11.4. The zero-order valence-corrected chi connectivity index (χ0v) is 18.9. The molecule has 0 fully saturated rings. The third kappa shape index (κ3) is 6.36. The highest BCUT2D eigenvalue weighted by Gasteiger charge is 2.11. The maximum absolute atomic E-state index is 12.5. The van der Waals surface area contributed by atoms with Crippen molar-refractivity contribution in [2.45, 2.75) is 12.8 Å². The number of rotatable bonds is 8. The maximum atomic E-state index is 12.5. The van der Waals surface area contributed by atoms with Crippen molar-refractivity contribution < 1.29 is 14.3 Å². The lowest BCUT2D eigenvalue weighted by Gasteiger charge is -2.12. The maximum Gasteiger partial charge on any atom is 0.324 e. The number of nitrogens with zero attached hydrogens (tertiary/aromatic N) is 3. The Kier molecular flexibility index (Phi) is 7.41. The Hall–Kier alpha value is -4.31. The van der Waals surface area contributed by atoms with Crippen molar-refractivity contribution in [3.8, 4) is 11.3 Å². The number of carbonyl (C=O) groups is 2. The minimum atomic E-state index is -0.452. The van der Waals surface area contributed by atoms with Gasteiger partial charge >= 0.3 is 12.0 Å². The number of aromatic nitrogens is 3. The number of thiazole rings is 1. The number of hydrogen-bond donors (Lipinski definition) is 3. The summed E-state index contributed by atoms with van der Waals surface area (Å²) in [4.78, 5) is 28.5. The van der Waals surface area contributed by atoms with Gasteiger partial charge in [-0.3, -0.25) is 10.1 Å². The summed E-state index contributed by atoms with van der Waals surface area (Å²) < 4.78 is 5.30. The molecule has 10 heteroatoms. The average molecular weight is 475 g/mol. The Morgan fingerprint density at radius 1 is 0.941 bits per heavy atom. The van der Waals surface area contributed by atoms with E-state index < -0.39 is 6.03 Å². The Morgan fingerprint density at radius 2 is 1.74 bits per heavy atom. The number of hydrogen-bond acceptors (Lipinski definition) is 8. The van der Waals surface area contributed by atoms with Gasteiger partial charge in [-0.25, -0.2) is 9.78 Å². The fraction of sp³-hybridized carbons (Fsp3) is 0.125. The summed E-state index contributed by atoms with van der Waals surface area (Å²) in [6, 6.07) is 20.0. The van der Waals surface area contributed by atoms with Crippen LogP contribution < -0.4 is 16.4 Å². The third-order valence-electron chi connectivity index (χ3n) is 4.77. The van der Waals surface area contributed by atoms with Crippen molar-refractivity contribution in [3.05, 3.63) is 83.4 Å². The molecule has 2 amide bonds. The molecule has 0 spiro atoms. The Bertz CT molecular complexity index is 1260. The van der Waals surface area contributed by atoms with Gasteiger partial charge in [0.15, 0.2) is 10.9 Å². The van der Waals surface area contributed by atoms with Crippen LogP contribution >= 0.6 is 11.3 Å². The highest BCUT2D eigenvalue weighted by molar-refractivity contribution is 7.13. The van der Waals surface area contributed by atoms with Gasteiger partial charge in [0, 0.05) is 23.1 Å². The minimum Gasteiger partial charge on any atom is -0.465 e. The van der Waals surface area contributed by atoms with E-state index in [0.29, 0.717) is 34.4 Å². The molecular formula is C24H22N6O3S. The van der Waals surface area contributed by atoms with Crippen LogP contribution in [0.15, 0.2) is 72.1 Å². The van der Waals surface area contributed by atoms with E-state index in [1.54, 1.807) is 23.6 Å². The number of amides is 2. The number of nitrogens with two attached hydrogens (primary N) is 1. The molecule has 0 radical (unpaired) electrons. The predicted molar refractivity (Wildman–Crippen MR) is 131 cm³/mol. The standard InChI is InChI=1S/C24H22N6O3S/c25-23-26-18(15-34-23)14-22(31)33-13-12-17-8-4-5-9-19(17)27-24(32)28-21-11-10-20(29-30-21)16-6-2-1-3-7-16/h1-11,15H,12-14H2,(H2,25,26)(H2,27,28,30,32). The molecule has 2 aromatic heterocycles. The molecule has 172 valence electrons. The molecule has 0 bridgehead atoms. The lowest BCUT2D eigenvalue weighted by atomic mass is 10.1. The van der Waals surface area contributed by atoms with Gasteiger partial charge in [-0.15, -0.1) is 21.5 Å². The molecule has 0 aliphatic rings. The van der Waals surface area contributed by atoms with Crippen LogP contribution in [-0.4, -0.2) is 33.8 Å². The van der Waals surface area contributed by atoms with Gasteiger partial charge < -0.3 is 15.8 Å². The van der Waals surface area contributed by atoms with Crippen molar-refractivity contribution in [2.75, 3.05) is 23.0 Å². The number of nitrogen functional groups attached to an aromatic ring is 1. The lowest BCUT2D eigenvalue weighted by Crippen LogP contribution is -2.21. The van der Waals surface area contributed by atoms with Gasteiger partial charge in [0.2, 0.25) is 0 Å². The number of ether oxygens (including phenoxy) is 1. The number of para-hydroxylation sites is 1. The van der Waals surface area contributed by atoms with E-state index in [2.05, 4.69) is 25.8 Å². The summed E-state index contributed by atoms with van der Waals surface area (Å²) >= 11 is 1.28. The monoisotopic (exact) mass is 474 g/mol. The van der Waals surface area contributed by atoms with Crippen molar-refractivity contribution in [1.29, 1.82) is 0 Å². The average Bonchev–Trinajstić information content (AvgIpc) is 3.25. The van der Waals surface area contributed by atoms with Crippen LogP contribution in [0.25, 0.3) is 11.3 Å². The Balaban J connectivity index is 1.29. The van der Waals surface area contributed by atoms with Gasteiger partial charge in [-0.1, -0.05) is 48.5 Å². The van der Waals surface area contributed by atoms with Gasteiger partial charge in [-0.05, 0) is 23.8 Å². The van der Waals surface area contributed by atoms with Crippen LogP contribution in [0.5, 0.6) is 0 Å². The summed E-state index contributed by atoms with van der Waals surface area (Å²) in [6.45, 7) is 0.172. The number of urea groups is 1. The Labute approximate surface area is 200 Å². The molecular weight excluding hydrogens is 452 g/mol. The van der Waals surface area contributed by atoms with Crippen LogP contribution in [0.1, 0.15) is 11.3 Å². The van der Waals surface area contributed by atoms with Crippen molar-refractivity contribution in [1.82, 2.24) is 15.2 Å². The molecule has 0 unspecified atom stereocenters. The molecule has 0 aliphatic heterocycles. The minimum absolute atomic E-state index is 0.0695. The highest BCUT2D eigenvalue weighted by Crippen LogP contribution is 2.18. The molecule has 0 saturated heterocycles. The third-order valence-corrected chi connectivity index (χ3v) is 5.49. The summed E-state index contributed by atoms with van der Waals surface area (Å²) in [5, 5.41) is 15.9. The smallest absolute Gasteiger partial charge is 0.324 e. The molecule has 34 heavy (non-hydrogen) atoms. The molecule has 2 heterocycles. The Morgan fingerprint density at radius 3 is 2.47 bits per heavy atom. The number of carbonyl (C=O) groups excluding carboxylic acids is 2. The van der Waals surface area contributed by atoms with E-state index in [-0.39, 0.29) is 19.0 Å². The van der Waals surface area contributed by atoms with Gasteiger partial charge in [0.05, 0.1) is 24.4 Å². The van der Waals surface area contributed by atoms with Crippen LogP contribution in [0.4, 0.5) is 21.4 Å². The number of anilines is 3. The van der Waals surface area contributed by atoms with Crippen LogP contribution in [-0.2, 0) is 22.4 Å². The van der Waals surface area contributed by atoms with E-state index in [1.165, 1.54) is 11.3 Å². The molecule has 9 nitrogen and oxygen atoms in total. The van der Waals surface area contributed by atoms with E-state index in [0.717, 1.165) is 11.1 Å². The van der Waals surface area contributed by atoms with Crippen LogP contribution in [0.3, 0.4) is 0 Å². The van der Waals surface area contributed by atoms with Crippen molar-refractivity contribution in [2.24, 2.45) is 0 Å². The van der Waals surface area contributed by atoms with E-state index >= 15 is 0 Å². The molecule has 4 rings (SSSR count). The second-order valence-corrected chi connectivity index (χ2v) is 8.12. The zero-order valence-electron chi connectivity index (χ0n) is 18.1. The van der Waals surface area contributed by atoms with Crippen molar-refractivity contribution >= 4 is 40.0 Å². The first kappa shape index (κ1) is 22.9. The molecule has 4 aromatic rings. The van der Waals surface area contributed by atoms with E-state index in [4.69, 9.17) is 10.5 Å². The van der Waals surface area contributed by atoms with Crippen molar-refractivity contribution in [3.63, 3.8) is 0 Å². The van der Waals surface area contributed by atoms with E-state index in [1.807, 2.05) is 48.5 Å². The van der Waals surface area contributed by atoms with E-state index in [9.17, 15) is 9.59 Å².